The van der Waals surface area contributed by atoms with Crippen LogP contribution in [0.1, 0.15) is 32.6 Å². The molecule has 11 heavy (non-hydrogen) atoms. The minimum atomic E-state index is 0.457. The molecule has 66 valence electrons. The van der Waals surface area contributed by atoms with Gasteiger partial charge in [0.25, 0.3) is 0 Å². The first-order valence-corrected chi connectivity index (χ1v) is 4.70. The second-order valence-corrected chi connectivity index (χ2v) is 3.27. The Morgan fingerprint density at radius 3 is 2.73 bits per heavy atom. The van der Waals surface area contributed by atoms with Gasteiger partial charge in [-0.15, -0.1) is 0 Å². The topological polar surface area (TPSA) is 35.2 Å². The first kappa shape index (κ1) is 9.01. The molecule has 2 atom stereocenters. The summed E-state index contributed by atoms with van der Waals surface area (Å²) in [5.41, 5.74) is 5.64. The van der Waals surface area contributed by atoms with E-state index in [1.165, 1.54) is 25.7 Å². The maximum Gasteiger partial charge on any atom is 0.0615 e. The fraction of sp³-hybridized carbons (Fsp3) is 1.00. The summed E-state index contributed by atoms with van der Waals surface area (Å²) in [6.07, 6.45) is 5.60. The van der Waals surface area contributed by atoms with Gasteiger partial charge in [0.05, 0.1) is 6.10 Å². The Morgan fingerprint density at radius 1 is 1.36 bits per heavy atom. The van der Waals surface area contributed by atoms with E-state index in [1.54, 1.807) is 0 Å². The molecule has 2 nitrogen and oxygen atoms in total. The van der Waals surface area contributed by atoms with Crippen LogP contribution >= 0.6 is 0 Å². The minimum absolute atomic E-state index is 0.457. The predicted molar refractivity (Wildman–Crippen MR) is 46.4 cm³/mol. The molecule has 0 aromatic carbocycles. The van der Waals surface area contributed by atoms with E-state index in [0.29, 0.717) is 12.0 Å². The van der Waals surface area contributed by atoms with Gasteiger partial charge in [-0.1, -0.05) is 12.8 Å². The Morgan fingerprint density at radius 2 is 2.09 bits per heavy atom. The van der Waals surface area contributed by atoms with Crippen LogP contribution in [-0.4, -0.2) is 19.3 Å². The molecule has 1 rings (SSSR count). The number of hydrogen-bond acceptors (Lipinski definition) is 2. The average molecular weight is 157 g/mol. The molecule has 2 unspecified atom stereocenters. The Labute approximate surface area is 69.1 Å². The van der Waals surface area contributed by atoms with Crippen molar-refractivity contribution in [1.82, 2.24) is 0 Å². The third kappa shape index (κ3) is 2.46. The molecule has 0 bridgehead atoms. The Kier molecular flexibility index (Phi) is 3.87. The molecule has 1 fully saturated rings. The lowest BCUT2D eigenvalue weighted by molar-refractivity contribution is -0.00106. The fourth-order valence-electron chi connectivity index (χ4n) is 1.88. The summed E-state index contributed by atoms with van der Waals surface area (Å²) in [5.74, 6) is 0.628. The van der Waals surface area contributed by atoms with Crippen molar-refractivity contribution in [3.8, 4) is 0 Å². The SMILES string of the molecule is CCOC1CCCCC1CN. The van der Waals surface area contributed by atoms with Crippen LogP contribution in [0.25, 0.3) is 0 Å². The van der Waals surface area contributed by atoms with Crippen molar-refractivity contribution in [2.75, 3.05) is 13.2 Å². The molecule has 0 spiro atoms. The van der Waals surface area contributed by atoms with Gasteiger partial charge in [-0.3, -0.25) is 0 Å². The van der Waals surface area contributed by atoms with Crippen LogP contribution in [0.4, 0.5) is 0 Å². The van der Waals surface area contributed by atoms with Crippen LogP contribution in [0.15, 0.2) is 0 Å². The number of nitrogens with two attached hydrogens (primary N) is 1. The molecule has 0 aromatic rings. The highest BCUT2D eigenvalue weighted by Crippen LogP contribution is 2.25. The van der Waals surface area contributed by atoms with Gasteiger partial charge in [-0.05, 0) is 32.2 Å². The monoisotopic (exact) mass is 157 g/mol. The lowest BCUT2D eigenvalue weighted by Crippen LogP contribution is -2.33. The van der Waals surface area contributed by atoms with Crippen molar-refractivity contribution in [2.24, 2.45) is 11.7 Å². The number of rotatable bonds is 3. The van der Waals surface area contributed by atoms with Gasteiger partial charge >= 0.3 is 0 Å². The zero-order valence-corrected chi connectivity index (χ0v) is 7.38. The minimum Gasteiger partial charge on any atom is -0.378 e. The lowest BCUT2D eigenvalue weighted by atomic mass is 9.86. The van der Waals surface area contributed by atoms with E-state index in [4.69, 9.17) is 10.5 Å². The Bertz CT molecular complexity index is 104. The van der Waals surface area contributed by atoms with Crippen LogP contribution < -0.4 is 5.73 Å². The first-order chi connectivity index (χ1) is 5.38. The zero-order chi connectivity index (χ0) is 8.10. The summed E-state index contributed by atoms with van der Waals surface area (Å²) in [6, 6.07) is 0. The van der Waals surface area contributed by atoms with Crippen molar-refractivity contribution in [1.29, 1.82) is 0 Å². The van der Waals surface area contributed by atoms with Crippen LogP contribution in [-0.2, 0) is 4.74 Å². The summed E-state index contributed by atoms with van der Waals surface area (Å²) < 4.78 is 5.61. The van der Waals surface area contributed by atoms with E-state index >= 15 is 0 Å². The van der Waals surface area contributed by atoms with E-state index in [9.17, 15) is 0 Å². The van der Waals surface area contributed by atoms with Gasteiger partial charge in [-0.2, -0.15) is 0 Å². The summed E-state index contributed by atoms with van der Waals surface area (Å²) in [7, 11) is 0. The van der Waals surface area contributed by atoms with E-state index in [2.05, 4.69) is 6.92 Å². The quantitative estimate of drug-likeness (QED) is 0.674. The molecule has 1 aliphatic rings. The molecular formula is C9H19NO. The van der Waals surface area contributed by atoms with Gasteiger partial charge in [0, 0.05) is 6.61 Å². The highest BCUT2D eigenvalue weighted by atomic mass is 16.5. The number of ether oxygens (including phenoxy) is 1. The summed E-state index contributed by atoms with van der Waals surface area (Å²) in [6.45, 7) is 3.69. The second kappa shape index (κ2) is 4.73. The Balaban J connectivity index is 2.31. The molecule has 0 saturated heterocycles. The van der Waals surface area contributed by atoms with E-state index in [1.807, 2.05) is 0 Å². The van der Waals surface area contributed by atoms with Crippen LogP contribution in [0.5, 0.6) is 0 Å². The van der Waals surface area contributed by atoms with Gasteiger partial charge < -0.3 is 10.5 Å². The highest BCUT2D eigenvalue weighted by Gasteiger charge is 2.23. The normalized spacial score (nSPS) is 32.2. The molecule has 2 N–H and O–H groups in total. The standard InChI is InChI=1S/C9H19NO/c1-2-11-9-6-4-3-5-8(9)7-10/h8-9H,2-7,10H2,1H3. The largest absolute Gasteiger partial charge is 0.378 e. The molecule has 0 amide bonds. The zero-order valence-electron chi connectivity index (χ0n) is 7.38. The van der Waals surface area contributed by atoms with Crippen LogP contribution in [0, 0.1) is 5.92 Å². The summed E-state index contributed by atoms with van der Waals surface area (Å²) >= 11 is 0. The molecule has 0 radical (unpaired) electrons. The third-order valence-electron chi connectivity index (χ3n) is 2.52. The van der Waals surface area contributed by atoms with Crippen molar-refractivity contribution in [3.05, 3.63) is 0 Å². The highest BCUT2D eigenvalue weighted by molar-refractivity contribution is 4.76. The third-order valence-corrected chi connectivity index (χ3v) is 2.52. The lowest BCUT2D eigenvalue weighted by Gasteiger charge is -2.30. The van der Waals surface area contributed by atoms with Crippen molar-refractivity contribution in [3.63, 3.8) is 0 Å². The first-order valence-electron chi connectivity index (χ1n) is 4.70. The van der Waals surface area contributed by atoms with Gasteiger partial charge in [0.1, 0.15) is 0 Å². The number of hydrogen-bond donors (Lipinski definition) is 1. The predicted octanol–water partition coefficient (Wildman–Crippen LogP) is 1.54. The average Bonchev–Trinajstić information content (AvgIpc) is 2.06. The molecular weight excluding hydrogens is 138 g/mol. The maximum absolute atomic E-state index is 5.64. The van der Waals surface area contributed by atoms with Crippen LogP contribution in [0.3, 0.4) is 0 Å². The van der Waals surface area contributed by atoms with E-state index in [0.717, 1.165) is 13.2 Å². The van der Waals surface area contributed by atoms with Crippen molar-refractivity contribution < 1.29 is 4.74 Å². The van der Waals surface area contributed by atoms with E-state index < -0.39 is 0 Å². The molecule has 0 aliphatic heterocycles. The van der Waals surface area contributed by atoms with Gasteiger partial charge in [0.15, 0.2) is 0 Å². The molecule has 1 aliphatic carbocycles. The van der Waals surface area contributed by atoms with Crippen molar-refractivity contribution in [2.45, 2.75) is 38.7 Å². The molecule has 2 heteroatoms. The van der Waals surface area contributed by atoms with Gasteiger partial charge in [0.2, 0.25) is 0 Å². The van der Waals surface area contributed by atoms with E-state index in [-0.39, 0.29) is 0 Å². The Hall–Kier alpha value is -0.0800. The van der Waals surface area contributed by atoms with Crippen LogP contribution in [0.2, 0.25) is 0 Å². The molecule has 0 heterocycles. The molecule has 1 saturated carbocycles. The molecule has 0 aromatic heterocycles. The summed E-state index contributed by atoms with van der Waals surface area (Å²) in [5, 5.41) is 0. The van der Waals surface area contributed by atoms with Gasteiger partial charge in [-0.25, -0.2) is 0 Å². The van der Waals surface area contributed by atoms with Crippen molar-refractivity contribution >= 4 is 0 Å². The summed E-state index contributed by atoms with van der Waals surface area (Å²) in [4.78, 5) is 0. The second-order valence-electron chi connectivity index (χ2n) is 3.27. The fourth-order valence-corrected chi connectivity index (χ4v) is 1.88. The maximum atomic E-state index is 5.64. The smallest absolute Gasteiger partial charge is 0.0615 e.